The van der Waals surface area contributed by atoms with Crippen molar-refractivity contribution in [3.63, 3.8) is 0 Å². The lowest BCUT2D eigenvalue weighted by Crippen LogP contribution is -2.18. The number of H-pyrrole nitrogens is 1. The van der Waals surface area contributed by atoms with E-state index in [-0.39, 0.29) is 18.1 Å². The Kier molecular flexibility index (Phi) is 2.51. The van der Waals surface area contributed by atoms with Crippen LogP contribution in [0.5, 0.6) is 0 Å². The van der Waals surface area contributed by atoms with Gasteiger partial charge >= 0.3 is 0 Å². The summed E-state index contributed by atoms with van der Waals surface area (Å²) in [5.74, 6) is -0.330. The number of rotatable bonds is 3. The second-order valence-corrected chi connectivity index (χ2v) is 3.37. The molecule has 1 heterocycles. The Morgan fingerprint density at radius 1 is 1.47 bits per heavy atom. The van der Waals surface area contributed by atoms with Crippen LogP contribution in [0.4, 0.5) is 4.39 Å². The summed E-state index contributed by atoms with van der Waals surface area (Å²) in [5, 5.41) is 3.50. The summed E-state index contributed by atoms with van der Waals surface area (Å²) >= 11 is 0. The third-order valence-electron chi connectivity index (χ3n) is 2.22. The van der Waals surface area contributed by atoms with Gasteiger partial charge in [0.2, 0.25) is 0 Å². The third-order valence-corrected chi connectivity index (χ3v) is 2.22. The number of carbonyl (C=O) groups excluding carboxylic acids is 1. The fourth-order valence-electron chi connectivity index (χ4n) is 1.51. The molecule has 0 saturated carbocycles. The van der Waals surface area contributed by atoms with Gasteiger partial charge < -0.3 is 10.3 Å². The van der Waals surface area contributed by atoms with E-state index in [1.165, 1.54) is 12.1 Å². The summed E-state index contributed by atoms with van der Waals surface area (Å²) in [6.45, 7) is 0.273. The highest BCUT2D eigenvalue weighted by Crippen LogP contribution is 2.16. The highest BCUT2D eigenvalue weighted by molar-refractivity contribution is 6.00. The number of ketones is 1. The van der Waals surface area contributed by atoms with Crippen LogP contribution in [0.1, 0.15) is 10.5 Å². The van der Waals surface area contributed by atoms with Crippen LogP contribution in [0.25, 0.3) is 10.9 Å². The van der Waals surface area contributed by atoms with Gasteiger partial charge in [-0.05, 0) is 31.3 Å². The molecule has 0 fully saturated rings. The Morgan fingerprint density at radius 3 is 3.00 bits per heavy atom. The average Bonchev–Trinajstić information content (AvgIpc) is 2.60. The number of aromatic nitrogens is 1. The van der Waals surface area contributed by atoms with E-state index in [2.05, 4.69) is 10.3 Å². The molecule has 0 aliphatic heterocycles. The molecule has 15 heavy (non-hydrogen) atoms. The molecule has 2 N–H and O–H groups in total. The summed E-state index contributed by atoms with van der Waals surface area (Å²) in [7, 11) is 1.71. The molecule has 0 saturated heterocycles. The molecule has 0 spiro atoms. The van der Waals surface area contributed by atoms with Crippen molar-refractivity contribution in [2.75, 3.05) is 13.6 Å². The molecule has 0 aliphatic rings. The topological polar surface area (TPSA) is 44.9 Å². The molecule has 1 aromatic carbocycles. The minimum atomic E-state index is -0.297. The largest absolute Gasteiger partial charge is 0.352 e. The number of fused-ring (bicyclic) bond motifs is 1. The maximum absolute atomic E-state index is 12.9. The highest BCUT2D eigenvalue weighted by Gasteiger charge is 2.08. The Balaban J connectivity index is 2.42. The Bertz CT molecular complexity index is 504. The molecule has 2 rings (SSSR count). The summed E-state index contributed by atoms with van der Waals surface area (Å²) in [6.07, 6.45) is 0. The lowest BCUT2D eigenvalue weighted by molar-refractivity contribution is 0.0989. The van der Waals surface area contributed by atoms with E-state index in [0.29, 0.717) is 5.69 Å². The first-order chi connectivity index (χ1) is 7.20. The molecule has 4 heteroatoms. The minimum absolute atomic E-state index is 0.0332. The van der Waals surface area contributed by atoms with E-state index in [1.807, 2.05) is 0 Å². The van der Waals surface area contributed by atoms with Gasteiger partial charge in [0.05, 0.1) is 12.2 Å². The second kappa shape index (κ2) is 3.82. The molecule has 1 aromatic heterocycles. The molecule has 0 bridgehead atoms. The van der Waals surface area contributed by atoms with Crippen LogP contribution in [-0.4, -0.2) is 24.4 Å². The first-order valence-electron chi connectivity index (χ1n) is 4.67. The first kappa shape index (κ1) is 9.86. The van der Waals surface area contributed by atoms with Crippen molar-refractivity contribution in [1.29, 1.82) is 0 Å². The summed E-state index contributed by atoms with van der Waals surface area (Å²) < 4.78 is 12.9. The number of likely N-dealkylation sites (N-methyl/N-ethyl adjacent to an activating group) is 1. The lowest BCUT2D eigenvalue weighted by atomic mass is 10.2. The van der Waals surface area contributed by atoms with Crippen LogP contribution in [0.2, 0.25) is 0 Å². The predicted molar refractivity (Wildman–Crippen MR) is 56.5 cm³/mol. The van der Waals surface area contributed by atoms with Gasteiger partial charge in [-0.1, -0.05) is 0 Å². The van der Waals surface area contributed by atoms with Gasteiger partial charge in [0, 0.05) is 10.9 Å². The zero-order chi connectivity index (χ0) is 10.8. The fraction of sp³-hybridized carbons (Fsp3) is 0.182. The quantitative estimate of drug-likeness (QED) is 0.751. The molecule has 78 valence electrons. The van der Waals surface area contributed by atoms with Crippen LogP contribution in [-0.2, 0) is 0 Å². The van der Waals surface area contributed by atoms with Gasteiger partial charge in [0.25, 0.3) is 0 Å². The molecule has 0 aliphatic carbocycles. The summed E-state index contributed by atoms with van der Waals surface area (Å²) in [4.78, 5) is 14.5. The maximum atomic E-state index is 12.9. The van der Waals surface area contributed by atoms with Crippen molar-refractivity contribution in [3.8, 4) is 0 Å². The van der Waals surface area contributed by atoms with E-state index < -0.39 is 0 Å². The van der Waals surface area contributed by atoms with Crippen molar-refractivity contribution in [1.82, 2.24) is 10.3 Å². The number of halogens is 1. The van der Waals surface area contributed by atoms with Crippen LogP contribution < -0.4 is 5.32 Å². The molecule has 0 amide bonds. The highest BCUT2D eigenvalue weighted by atomic mass is 19.1. The monoisotopic (exact) mass is 206 g/mol. The van der Waals surface area contributed by atoms with E-state index in [0.717, 1.165) is 10.9 Å². The first-order valence-corrected chi connectivity index (χ1v) is 4.67. The molecular formula is C11H11FN2O. The number of Topliss-reactive ketones (excluding diaryl/α,β-unsaturated/α-hetero) is 1. The van der Waals surface area contributed by atoms with Crippen LogP contribution in [0.3, 0.4) is 0 Å². The molecule has 0 radical (unpaired) electrons. The van der Waals surface area contributed by atoms with Gasteiger partial charge in [-0.3, -0.25) is 4.79 Å². The zero-order valence-corrected chi connectivity index (χ0v) is 8.30. The molecule has 0 atom stereocenters. The average molecular weight is 206 g/mol. The predicted octanol–water partition coefficient (Wildman–Crippen LogP) is 1.71. The Hall–Kier alpha value is -1.68. The number of hydrogen-bond donors (Lipinski definition) is 2. The minimum Gasteiger partial charge on any atom is -0.352 e. The number of benzene rings is 1. The van der Waals surface area contributed by atoms with E-state index in [1.54, 1.807) is 19.2 Å². The molecule has 0 unspecified atom stereocenters. The van der Waals surface area contributed by atoms with Crippen molar-refractivity contribution >= 4 is 16.7 Å². The number of aromatic amines is 1. The normalized spacial score (nSPS) is 10.8. The summed E-state index contributed by atoms with van der Waals surface area (Å²) in [5.41, 5.74) is 1.28. The van der Waals surface area contributed by atoms with Gasteiger partial charge in [-0.2, -0.15) is 0 Å². The van der Waals surface area contributed by atoms with Gasteiger partial charge in [0.15, 0.2) is 5.78 Å². The Morgan fingerprint density at radius 2 is 2.27 bits per heavy atom. The standard InChI is InChI=1S/C11H11FN2O/c1-13-6-11(15)10-5-7-4-8(12)2-3-9(7)14-10/h2-5,13-14H,6H2,1H3. The molecular weight excluding hydrogens is 195 g/mol. The smallest absolute Gasteiger partial charge is 0.192 e. The van der Waals surface area contributed by atoms with Gasteiger partial charge in [0.1, 0.15) is 5.82 Å². The summed E-state index contributed by atoms with van der Waals surface area (Å²) in [6, 6.07) is 6.06. The van der Waals surface area contributed by atoms with E-state index in [9.17, 15) is 9.18 Å². The SMILES string of the molecule is CNCC(=O)c1cc2cc(F)ccc2[nH]1. The lowest BCUT2D eigenvalue weighted by Gasteiger charge is -1.94. The van der Waals surface area contributed by atoms with Crippen LogP contribution in [0, 0.1) is 5.82 Å². The fourth-order valence-corrected chi connectivity index (χ4v) is 1.51. The molecule has 2 aromatic rings. The second-order valence-electron chi connectivity index (χ2n) is 3.37. The molecule has 3 nitrogen and oxygen atoms in total. The zero-order valence-electron chi connectivity index (χ0n) is 8.30. The third kappa shape index (κ3) is 1.89. The van der Waals surface area contributed by atoms with Crippen LogP contribution >= 0.6 is 0 Å². The van der Waals surface area contributed by atoms with E-state index >= 15 is 0 Å². The van der Waals surface area contributed by atoms with E-state index in [4.69, 9.17) is 0 Å². The van der Waals surface area contributed by atoms with Crippen molar-refractivity contribution in [2.45, 2.75) is 0 Å². The van der Waals surface area contributed by atoms with Crippen molar-refractivity contribution < 1.29 is 9.18 Å². The maximum Gasteiger partial charge on any atom is 0.192 e. The van der Waals surface area contributed by atoms with Crippen molar-refractivity contribution in [3.05, 3.63) is 35.8 Å². The number of nitrogens with one attached hydrogen (secondary N) is 2. The van der Waals surface area contributed by atoms with Gasteiger partial charge in [-0.25, -0.2) is 4.39 Å². The van der Waals surface area contributed by atoms with Crippen LogP contribution in [0.15, 0.2) is 24.3 Å². The van der Waals surface area contributed by atoms with Gasteiger partial charge in [-0.15, -0.1) is 0 Å². The Labute approximate surface area is 86.3 Å². The number of carbonyl (C=O) groups is 1. The number of hydrogen-bond acceptors (Lipinski definition) is 2. The van der Waals surface area contributed by atoms with Crippen molar-refractivity contribution in [2.24, 2.45) is 0 Å².